The first-order chi connectivity index (χ1) is 13.6. The summed E-state index contributed by atoms with van der Waals surface area (Å²) in [6.07, 6.45) is 3.63. The van der Waals surface area contributed by atoms with Crippen LogP contribution in [0.4, 0.5) is 4.39 Å². The summed E-state index contributed by atoms with van der Waals surface area (Å²) >= 11 is 0. The van der Waals surface area contributed by atoms with E-state index in [1.165, 1.54) is 23.9 Å². The van der Waals surface area contributed by atoms with Crippen molar-refractivity contribution in [1.29, 1.82) is 0 Å². The van der Waals surface area contributed by atoms with Gasteiger partial charge in [0.2, 0.25) is 0 Å². The second-order valence-electron chi connectivity index (χ2n) is 6.26. The number of halogens is 1. The number of carbonyl (C=O) groups excluding carboxylic acids is 2. The minimum atomic E-state index is -0.566. The largest absolute Gasteiger partial charge is 0.469 e. The van der Waals surface area contributed by atoms with E-state index in [9.17, 15) is 14.0 Å². The average molecular weight is 381 g/mol. The second-order valence-corrected chi connectivity index (χ2v) is 6.26. The molecule has 0 aliphatic rings. The number of hydrogen-bond donors (Lipinski definition) is 1. The van der Waals surface area contributed by atoms with Gasteiger partial charge in [0.15, 0.2) is 0 Å². The molecule has 0 aliphatic heterocycles. The van der Waals surface area contributed by atoms with Crippen LogP contribution in [0.3, 0.4) is 0 Å². The fraction of sp³-hybridized carbons (Fsp3) is 0.190. The van der Waals surface area contributed by atoms with Gasteiger partial charge < -0.3 is 10.1 Å². The number of carbonyl (C=O) groups is 2. The Kier molecular flexibility index (Phi) is 6.16. The Morgan fingerprint density at radius 3 is 2.61 bits per heavy atom. The van der Waals surface area contributed by atoms with Crippen LogP contribution in [0, 0.1) is 5.82 Å². The standard InChI is InChI=1S/C21H20FN3O3/c1-28-20(26)14-17(12-15-6-3-2-4-7-15)24-21(27)16-8-9-19(18(22)13-16)25-11-5-10-23-25/h2-11,13,17H,12,14H2,1H3,(H,24,27)/t17-/m0/s1. The number of rotatable bonds is 7. The number of methoxy groups -OCH3 is 1. The molecule has 144 valence electrons. The average Bonchev–Trinajstić information content (AvgIpc) is 3.23. The summed E-state index contributed by atoms with van der Waals surface area (Å²) < 4.78 is 20.5. The van der Waals surface area contributed by atoms with Crippen molar-refractivity contribution >= 4 is 11.9 Å². The first kappa shape index (κ1) is 19.3. The van der Waals surface area contributed by atoms with Crippen LogP contribution in [0.5, 0.6) is 0 Å². The Bertz CT molecular complexity index is 943. The van der Waals surface area contributed by atoms with Gasteiger partial charge in [-0.2, -0.15) is 5.10 Å². The number of aromatic nitrogens is 2. The molecule has 0 unspecified atom stereocenters. The number of nitrogens with one attached hydrogen (secondary N) is 1. The van der Waals surface area contributed by atoms with Crippen LogP contribution in [0.15, 0.2) is 67.0 Å². The van der Waals surface area contributed by atoms with Crippen molar-refractivity contribution in [3.8, 4) is 5.69 Å². The van der Waals surface area contributed by atoms with Crippen molar-refractivity contribution < 1.29 is 18.7 Å². The van der Waals surface area contributed by atoms with Gasteiger partial charge in [0, 0.05) is 24.0 Å². The van der Waals surface area contributed by atoms with Gasteiger partial charge in [0.1, 0.15) is 11.5 Å². The molecule has 0 fully saturated rings. The molecule has 6 nitrogen and oxygen atoms in total. The lowest BCUT2D eigenvalue weighted by Crippen LogP contribution is -2.38. The highest BCUT2D eigenvalue weighted by Gasteiger charge is 2.19. The molecule has 0 aliphatic carbocycles. The van der Waals surface area contributed by atoms with Gasteiger partial charge in [0.25, 0.3) is 5.91 Å². The first-order valence-electron chi connectivity index (χ1n) is 8.78. The lowest BCUT2D eigenvalue weighted by molar-refractivity contribution is -0.141. The molecule has 1 atom stereocenters. The first-order valence-corrected chi connectivity index (χ1v) is 8.78. The highest BCUT2D eigenvalue weighted by Crippen LogP contribution is 2.15. The van der Waals surface area contributed by atoms with Crippen molar-refractivity contribution in [3.63, 3.8) is 0 Å². The zero-order valence-electron chi connectivity index (χ0n) is 15.3. The summed E-state index contributed by atoms with van der Waals surface area (Å²) in [4.78, 5) is 24.3. The fourth-order valence-electron chi connectivity index (χ4n) is 2.87. The molecular weight excluding hydrogens is 361 g/mol. The molecule has 1 amide bonds. The number of amides is 1. The summed E-state index contributed by atoms with van der Waals surface area (Å²) in [5.74, 6) is -1.46. The fourth-order valence-corrected chi connectivity index (χ4v) is 2.87. The molecule has 0 radical (unpaired) electrons. The predicted molar refractivity (Wildman–Crippen MR) is 102 cm³/mol. The zero-order valence-corrected chi connectivity index (χ0v) is 15.3. The smallest absolute Gasteiger partial charge is 0.307 e. The molecule has 28 heavy (non-hydrogen) atoms. The van der Waals surface area contributed by atoms with Crippen molar-refractivity contribution in [2.24, 2.45) is 0 Å². The molecule has 1 N–H and O–H groups in total. The molecule has 0 saturated heterocycles. The Hall–Kier alpha value is -3.48. The number of hydrogen-bond acceptors (Lipinski definition) is 4. The van der Waals surface area contributed by atoms with E-state index in [0.29, 0.717) is 6.42 Å². The van der Waals surface area contributed by atoms with Crippen LogP contribution >= 0.6 is 0 Å². The minimum absolute atomic E-state index is 0.0188. The van der Waals surface area contributed by atoms with E-state index >= 15 is 0 Å². The van der Waals surface area contributed by atoms with Crippen molar-refractivity contribution in [2.45, 2.75) is 18.9 Å². The van der Waals surface area contributed by atoms with Crippen LogP contribution < -0.4 is 5.32 Å². The van der Waals surface area contributed by atoms with Gasteiger partial charge in [-0.25, -0.2) is 9.07 Å². The molecule has 3 rings (SSSR count). The molecule has 1 aromatic heterocycles. The van der Waals surface area contributed by atoms with Crippen molar-refractivity contribution in [1.82, 2.24) is 15.1 Å². The molecular formula is C21H20FN3O3. The number of ether oxygens (including phenoxy) is 1. The third-order valence-electron chi connectivity index (χ3n) is 4.26. The van der Waals surface area contributed by atoms with Crippen LogP contribution in [0.2, 0.25) is 0 Å². The second kappa shape index (κ2) is 8.94. The minimum Gasteiger partial charge on any atom is -0.469 e. The van der Waals surface area contributed by atoms with Gasteiger partial charge in [0.05, 0.1) is 13.5 Å². The SMILES string of the molecule is COC(=O)C[C@H](Cc1ccccc1)NC(=O)c1ccc(-n2cccn2)c(F)c1. The van der Waals surface area contributed by atoms with Gasteiger partial charge in [-0.05, 0) is 36.2 Å². The molecule has 3 aromatic rings. The maximum Gasteiger partial charge on any atom is 0.307 e. The monoisotopic (exact) mass is 381 g/mol. The number of esters is 1. The van der Waals surface area contributed by atoms with Gasteiger partial charge in [-0.1, -0.05) is 30.3 Å². The third-order valence-corrected chi connectivity index (χ3v) is 4.26. The Balaban J connectivity index is 1.75. The molecule has 7 heteroatoms. The van der Waals surface area contributed by atoms with E-state index in [0.717, 1.165) is 11.6 Å². The van der Waals surface area contributed by atoms with Crippen LogP contribution in [-0.4, -0.2) is 34.8 Å². The van der Waals surface area contributed by atoms with E-state index in [2.05, 4.69) is 10.4 Å². The van der Waals surface area contributed by atoms with Gasteiger partial charge in [-0.15, -0.1) is 0 Å². The van der Waals surface area contributed by atoms with Crippen molar-refractivity contribution in [3.05, 3.63) is 83.9 Å². The summed E-state index contributed by atoms with van der Waals surface area (Å²) in [6.45, 7) is 0. The van der Waals surface area contributed by atoms with E-state index in [1.807, 2.05) is 30.3 Å². The molecule has 0 bridgehead atoms. The highest BCUT2D eigenvalue weighted by atomic mass is 19.1. The molecule has 1 heterocycles. The summed E-state index contributed by atoms with van der Waals surface area (Å²) in [5.41, 5.74) is 1.38. The van der Waals surface area contributed by atoms with E-state index in [4.69, 9.17) is 4.74 Å². The highest BCUT2D eigenvalue weighted by molar-refractivity contribution is 5.94. The van der Waals surface area contributed by atoms with E-state index in [-0.39, 0.29) is 17.7 Å². The van der Waals surface area contributed by atoms with Crippen LogP contribution in [0.1, 0.15) is 22.3 Å². The summed E-state index contributed by atoms with van der Waals surface area (Å²) in [6, 6.07) is 14.9. The van der Waals surface area contributed by atoms with Gasteiger partial charge in [-0.3, -0.25) is 9.59 Å². The van der Waals surface area contributed by atoms with E-state index in [1.54, 1.807) is 18.5 Å². The van der Waals surface area contributed by atoms with Crippen LogP contribution in [-0.2, 0) is 16.0 Å². The van der Waals surface area contributed by atoms with E-state index < -0.39 is 23.7 Å². The maximum absolute atomic E-state index is 14.4. The number of benzene rings is 2. The van der Waals surface area contributed by atoms with Gasteiger partial charge >= 0.3 is 5.97 Å². The van der Waals surface area contributed by atoms with Crippen LogP contribution in [0.25, 0.3) is 5.69 Å². The maximum atomic E-state index is 14.4. The summed E-state index contributed by atoms with van der Waals surface area (Å²) in [5, 5.41) is 6.78. The molecule has 0 saturated carbocycles. The Morgan fingerprint density at radius 1 is 1.18 bits per heavy atom. The molecule has 0 spiro atoms. The number of nitrogens with zero attached hydrogens (tertiary/aromatic N) is 2. The zero-order chi connectivity index (χ0) is 19.9. The molecule has 2 aromatic carbocycles. The lowest BCUT2D eigenvalue weighted by Gasteiger charge is -2.18. The topological polar surface area (TPSA) is 73.2 Å². The van der Waals surface area contributed by atoms with Crippen molar-refractivity contribution in [2.75, 3.05) is 7.11 Å². The normalized spacial score (nSPS) is 11.6. The predicted octanol–water partition coefficient (Wildman–Crippen LogP) is 2.92. The quantitative estimate of drug-likeness (QED) is 0.639. The Labute approximate surface area is 161 Å². The third kappa shape index (κ3) is 4.82. The lowest BCUT2D eigenvalue weighted by atomic mass is 10.0. The Morgan fingerprint density at radius 2 is 1.96 bits per heavy atom. The summed E-state index contributed by atoms with van der Waals surface area (Å²) in [7, 11) is 1.30.